The lowest BCUT2D eigenvalue weighted by Crippen LogP contribution is -2.38. The summed E-state index contributed by atoms with van der Waals surface area (Å²) in [4.78, 5) is 11.1. The van der Waals surface area contributed by atoms with Crippen molar-refractivity contribution in [1.29, 1.82) is 0 Å². The Morgan fingerprint density at radius 1 is 1.23 bits per heavy atom. The van der Waals surface area contributed by atoms with Crippen LogP contribution in [0.3, 0.4) is 0 Å². The van der Waals surface area contributed by atoms with Crippen molar-refractivity contribution >= 4 is 17.6 Å². The molecule has 0 bridgehead atoms. The van der Waals surface area contributed by atoms with Crippen LogP contribution in [0.1, 0.15) is 50.6 Å². The minimum Gasteiger partial charge on any atom is -0.481 e. The molecule has 2 aliphatic rings. The first-order valence-electron chi connectivity index (χ1n) is 8.29. The predicted molar refractivity (Wildman–Crippen MR) is 88.0 cm³/mol. The molecule has 3 rings (SSSR count). The maximum absolute atomic E-state index is 11.1. The lowest BCUT2D eigenvalue weighted by atomic mass is 9.85. The Balaban J connectivity index is 1.64. The number of hydrogen-bond acceptors (Lipinski definition) is 2. The molecule has 0 aliphatic heterocycles. The highest BCUT2D eigenvalue weighted by Crippen LogP contribution is 2.47. The first-order chi connectivity index (χ1) is 10.5. The number of carboxylic acid groups (broad SMARTS) is 1. The molecule has 4 heteroatoms. The Morgan fingerprint density at radius 2 is 1.82 bits per heavy atom. The van der Waals surface area contributed by atoms with E-state index in [0.717, 1.165) is 36.6 Å². The van der Waals surface area contributed by atoms with Crippen LogP contribution >= 0.6 is 11.6 Å². The fraction of sp³-hybridized carbons (Fsp3) is 0.611. The number of benzene rings is 1. The Hall–Kier alpha value is -1.06. The number of aliphatic carboxylic acids is 1. The SMILES string of the molecule is CC1CC1C(NC1CCC(C(=O)O)CC1)c1ccc(Cl)cc1. The van der Waals surface area contributed by atoms with E-state index in [1.165, 1.54) is 12.0 Å². The van der Waals surface area contributed by atoms with Crippen molar-refractivity contribution < 1.29 is 9.90 Å². The summed E-state index contributed by atoms with van der Waals surface area (Å²) in [5.41, 5.74) is 1.30. The molecule has 0 radical (unpaired) electrons. The molecular weight excluding hydrogens is 298 g/mol. The molecule has 2 aliphatic carbocycles. The minimum atomic E-state index is -0.636. The Kier molecular flexibility index (Phi) is 4.74. The molecular formula is C18H24ClNO2. The van der Waals surface area contributed by atoms with E-state index in [0.29, 0.717) is 18.0 Å². The molecule has 2 fully saturated rings. The number of carbonyl (C=O) groups is 1. The van der Waals surface area contributed by atoms with E-state index in [4.69, 9.17) is 16.7 Å². The van der Waals surface area contributed by atoms with Gasteiger partial charge in [-0.25, -0.2) is 0 Å². The molecule has 0 saturated heterocycles. The van der Waals surface area contributed by atoms with Crippen molar-refractivity contribution in [2.24, 2.45) is 17.8 Å². The van der Waals surface area contributed by atoms with Crippen LogP contribution in [-0.4, -0.2) is 17.1 Å². The standard InChI is InChI=1S/C18H24ClNO2/c1-11-10-16(11)17(12-2-6-14(19)7-3-12)20-15-8-4-13(5-9-15)18(21)22/h2-3,6-7,11,13,15-17,20H,4-5,8-10H2,1H3,(H,21,22). The highest BCUT2D eigenvalue weighted by molar-refractivity contribution is 6.30. The van der Waals surface area contributed by atoms with Crippen molar-refractivity contribution in [3.05, 3.63) is 34.9 Å². The molecule has 1 aromatic carbocycles. The van der Waals surface area contributed by atoms with Gasteiger partial charge in [0.15, 0.2) is 0 Å². The molecule has 3 nitrogen and oxygen atoms in total. The van der Waals surface area contributed by atoms with Crippen LogP contribution in [0.2, 0.25) is 5.02 Å². The molecule has 120 valence electrons. The van der Waals surface area contributed by atoms with E-state index in [1.807, 2.05) is 12.1 Å². The summed E-state index contributed by atoms with van der Waals surface area (Å²) < 4.78 is 0. The first-order valence-corrected chi connectivity index (χ1v) is 8.66. The van der Waals surface area contributed by atoms with Crippen molar-refractivity contribution in [3.8, 4) is 0 Å². The third kappa shape index (κ3) is 3.64. The van der Waals surface area contributed by atoms with Crippen LogP contribution in [0.25, 0.3) is 0 Å². The van der Waals surface area contributed by atoms with E-state index >= 15 is 0 Å². The second-order valence-electron chi connectivity index (χ2n) is 6.96. The third-order valence-corrected chi connectivity index (χ3v) is 5.57. The van der Waals surface area contributed by atoms with E-state index in [1.54, 1.807) is 0 Å². The highest BCUT2D eigenvalue weighted by Gasteiger charge is 2.41. The van der Waals surface area contributed by atoms with Gasteiger partial charge in [0, 0.05) is 17.1 Å². The van der Waals surface area contributed by atoms with E-state index in [9.17, 15) is 4.79 Å². The van der Waals surface area contributed by atoms with Crippen molar-refractivity contribution in [2.45, 2.75) is 51.1 Å². The van der Waals surface area contributed by atoms with E-state index in [-0.39, 0.29) is 5.92 Å². The highest BCUT2D eigenvalue weighted by atomic mass is 35.5. The van der Waals surface area contributed by atoms with Gasteiger partial charge in [-0.3, -0.25) is 4.79 Å². The lowest BCUT2D eigenvalue weighted by molar-refractivity contribution is -0.142. The Bertz CT molecular complexity index is 522. The van der Waals surface area contributed by atoms with Crippen LogP contribution < -0.4 is 5.32 Å². The van der Waals surface area contributed by atoms with Gasteiger partial charge in [-0.2, -0.15) is 0 Å². The van der Waals surface area contributed by atoms with Gasteiger partial charge in [-0.05, 0) is 61.6 Å². The van der Waals surface area contributed by atoms with Crippen LogP contribution in [0.4, 0.5) is 0 Å². The molecule has 0 amide bonds. The number of rotatable bonds is 5. The molecule has 22 heavy (non-hydrogen) atoms. The van der Waals surface area contributed by atoms with Gasteiger partial charge in [-0.1, -0.05) is 30.7 Å². The fourth-order valence-corrected chi connectivity index (χ4v) is 3.84. The average Bonchev–Trinajstić information content (AvgIpc) is 3.23. The first kappa shape index (κ1) is 15.8. The van der Waals surface area contributed by atoms with Gasteiger partial charge in [0.25, 0.3) is 0 Å². The van der Waals surface area contributed by atoms with Crippen LogP contribution in [-0.2, 0) is 4.79 Å². The Morgan fingerprint density at radius 3 is 2.32 bits per heavy atom. The van der Waals surface area contributed by atoms with Crippen LogP contribution in [0.5, 0.6) is 0 Å². The smallest absolute Gasteiger partial charge is 0.306 e. The molecule has 0 spiro atoms. The lowest BCUT2D eigenvalue weighted by Gasteiger charge is -2.31. The topological polar surface area (TPSA) is 49.3 Å². The molecule has 2 saturated carbocycles. The second-order valence-corrected chi connectivity index (χ2v) is 7.40. The van der Waals surface area contributed by atoms with Gasteiger partial charge in [0.2, 0.25) is 0 Å². The molecule has 0 aromatic heterocycles. The summed E-state index contributed by atoms with van der Waals surface area (Å²) in [6.07, 6.45) is 4.77. The predicted octanol–water partition coefficient (Wildman–Crippen LogP) is 4.27. The summed E-state index contributed by atoms with van der Waals surface area (Å²) in [7, 11) is 0. The molecule has 2 N–H and O–H groups in total. The third-order valence-electron chi connectivity index (χ3n) is 5.32. The zero-order valence-electron chi connectivity index (χ0n) is 13.0. The molecule has 3 unspecified atom stereocenters. The monoisotopic (exact) mass is 321 g/mol. The normalized spacial score (nSPS) is 32.5. The van der Waals surface area contributed by atoms with Crippen molar-refractivity contribution in [2.75, 3.05) is 0 Å². The van der Waals surface area contributed by atoms with E-state index < -0.39 is 5.97 Å². The molecule has 1 aromatic rings. The summed E-state index contributed by atoms with van der Waals surface area (Å²) in [6, 6.07) is 8.96. The minimum absolute atomic E-state index is 0.146. The largest absolute Gasteiger partial charge is 0.481 e. The summed E-state index contributed by atoms with van der Waals surface area (Å²) >= 11 is 6.00. The number of nitrogens with one attached hydrogen (secondary N) is 1. The zero-order chi connectivity index (χ0) is 15.7. The van der Waals surface area contributed by atoms with Crippen LogP contribution in [0, 0.1) is 17.8 Å². The van der Waals surface area contributed by atoms with Gasteiger partial charge >= 0.3 is 5.97 Å². The van der Waals surface area contributed by atoms with Crippen molar-refractivity contribution in [1.82, 2.24) is 5.32 Å². The van der Waals surface area contributed by atoms with E-state index in [2.05, 4.69) is 24.4 Å². The number of halogens is 1. The maximum Gasteiger partial charge on any atom is 0.306 e. The van der Waals surface area contributed by atoms with Crippen LogP contribution in [0.15, 0.2) is 24.3 Å². The summed E-state index contributed by atoms with van der Waals surface area (Å²) in [5.74, 6) is 0.678. The molecule has 0 heterocycles. The quantitative estimate of drug-likeness (QED) is 0.851. The molecule has 3 atom stereocenters. The fourth-order valence-electron chi connectivity index (χ4n) is 3.71. The van der Waals surface area contributed by atoms with Gasteiger partial charge in [-0.15, -0.1) is 0 Å². The van der Waals surface area contributed by atoms with Crippen molar-refractivity contribution in [3.63, 3.8) is 0 Å². The van der Waals surface area contributed by atoms with Gasteiger partial charge < -0.3 is 10.4 Å². The van der Waals surface area contributed by atoms with Gasteiger partial charge in [0.1, 0.15) is 0 Å². The number of carboxylic acids is 1. The Labute approximate surface area is 137 Å². The summed E-state index contributed by atoms with van der Waals surface area (Å²) in [5, 5.41) is 13.7. The average molecular weight is 322 g/mol. The zero-order valence-corrected chi connectivity index (χ0v) is 13.7. The van der Waals surface area contributed by atoms with Gasteiger partial charge in [0.05, 0.1) is 5.92 Å². The maximum atomic E-state index is 11.1. The number of hydrogen-bond donors (Lipinski definition) is 2. The second kappa shape index (κ2) is 6.59. The summed E-state index contributed by atoms with van der Waals surface area (Å²) in [6.45, 7) is 2.30.